The van der Waals surface area contributed by atoms with Gasteiger partial charge in [-0.15, -0.1) is 0 Å². The Morgan fingerprint density at radius 3 is 2.03 bits per heavy atom. The van der Waals surface area contributed by atoms with Crippen LogP contribution in [0, 0.1) is 22.7 Å². The summed E-state index contributed by atoms with van der Waals surface area (Å²) in [5.74, 6) is 1.37. The van der Waals surface area contributed by atoms with Crippen molar-refractivity contribution in [3.8, 4) is 0 Å². The molecular formula is C32H56O3. The van der Waals surface area contributed by atoms with Crippen LogP contribution in [0.3, 0.4) is 0 Å². The average molecular weight is 489 g/mol. The topological polar surface area (TPSA) is 60.7 Å². The van der Waals surface area contributed by atoms with E-state index >= 15 is 0 Å². The van der Waals surface area contributed by atoms with E-state index in [9.17, 15) is 15.3 Å². The zero-order valence-corrected chi connectivity index (χ0v) is 23.8. The van der Waals surface area contributed by atoms with Crippen LogP contribution in [0.15, 0.2) is 23.3 Å². The fraction of sp³-hybridized carbons (Fsp3) is 0.875. The molecule has 4 unspecified atom stereocenters. The predicted octanol–water partition coefficient (Wildman–Crippen LogP) is 7.88. The summed E-state index contributed by atoms with van der Waals surface area (Å²) in [4.78, 5) is 0. The molecule has 4 atom stereocenters. The van der Waals surface area contributed by atoms with Gasteiger partial charge in [0.05, 0.1) is 17.3 Å². The summed E-state index contributed by atoms with van der Waals surface area (Å²) in [5.41, 5.74) is 2.47. The Morgan fingerprint density at radius 2 is 1.46 bits per heavy atom. The Morgan fingerprint density at radius 1 is 0.829 bits per heavy atom. The lowest BCUT2D eigenvalue weighted by atomic mass is 9.55. The van der Waals surface area contributed by atoms with E-state index in [-0.39, 0.29) is 11.5 Å². The first kappa shape index (κ1) is 28.9. The second-order valence-corrected chi connectivity index (χ2v) is 14.3. The maximum absolute atomic E-state index is 10.4. The van der Waals surface area contributed by atoms with Gasteiger partial charge in [-0.05, 0) is 134 Å². The van der Waals surface area contributed by atoms with Gasteiger partial charge in [0.15, 0.2) is 0 Å². The molecule has 3 aliphatic carbocycles. The molecule has 35 heavy (non-hydrogen) atoms. The van der Waals surface area contributed by atoms with Crippen molar-refractivity contribution in [1.82, 2.24) is 0 Å². The van der Waals surface area contributed by atoms with Crippen LogP contribution >= 0.6 is 0 Å². The average Bonchev–Trinajstić information content (AvgIpc) is 3.08. The first-order chi connectivity index (χ1) is 16.2. The molecule has 3 aliphatic rings. The molecular weight excluding hydrogens is 432 g/mol. The molecule has 0 amide bonds. The van der Waals surface area contributed by atoms with Crippen molar-refractivity contribution in [2.45, 2.75) is 155 Å². The highest BCUT2D eigenvalue weighted by Crippen LogP contribution is 2.64. The molecule has 0 aromatic rings. The molecule has 0 radical (unpaired) electrons. The number of fused-ring (bicyclic) bond motifs is 1. The number of aliphatic hydroxyl groups excluding tert-OH is 1. The summed E-state index contributed by atoms with van der Waals surface area (Å²) in [7, 11) is 0. The van der Waals surface area contributed by atoms with E-state index in [4.69, 9.17) is 0 Å². The van der Waals surface area contributed by atoms with Gasteiger partial charge >= 0.3 is 0 Å². The minimum atomic E-state index is -0.600. The minimum Gasteiger partial charge on any atom is -0.393 e. The van der Waals surface area contributed by atoms with Crippen LogP contribution in [0.4, 0.5) is 0 Å². The smallest absolute Gasteiger partial charge is 0.0591 e. The fourth-order valence-corrected chi connectivity index (χ4v) is 8.16. The molecule has 0 aromatic heterocycles. The van der Waals surface area contributed by atoms with Crippen molar-refractivity contribution in [3.63, 3.8) is 0 Å². The number of hydrogen-bond donors (Lipinski definition) is 3. The molecule has 3 nitrogen and oxygen atoms in total. The summed E-state index contributed by atoms with van der Waals surface area (Å²) >= 11 is 0. The SMILES string of the molecule is CC(C)(O)CCCC(C)(CCCC(C)(C)O)C1CCC2/C(=C/C=C3/CCCC(O)C3)CCCC21C. The Kier molecular flexibility index (Phi) is 9.42. The van der Waals surface area contributed by atoms with Gasteiger partial charge in [0.25, 0.3) is 0 Å². The van der Waals surface area contributed by atoms with Gasteiger partial charge in [-0.25, -0.2) is 0 Å². The quantitative estimate of drug-likeness (QED) is 0.293. The van der Waals surface area contributed by atoms with Crippen molar-refractivity contribution < 1.29 is 15.3 Å². The van der Waals surface area contributed by atoms with Gasteiger partial charge in [-0.3, -0.25) is 0 Å². The van der Waals surface area contributed by atoms with E-state index in [0.717, 1.165) is 64.2 Å². The Bertz CT molecular complexity index is 730. The maximum atomic E-state index is 10.4. The monoisotopic (exact) mass is 488 g/mol. The van der Waals surface area contributed by atoms with Crippen molar-refractivity contribution in [2.24, 2.45) is 22.7 Å². The molecule has 3 saturated carbocycles. The molecule has 0 aliphatic heterocycles. The molecule has 0 bridgehead atoms. The van der Waals surface area contributed by atoms with E-state index in [1.165, 1.54) is 37.7 Å². The summed E-state index contributed by atoms with van der Waals surface area (Å²) < 4.78 is 0. The minimum absolute atomic E-state index is 0.144. The van der Waals surface area contributed by atoms with Crippen LogP contribution < -0.4 is 0 Å². The van der Waals surface area contributed by atoms with Gasteiger partial charge in [0.2, 0.25) is 0 Å². The van der Waals surface area contributed by atoms with Crippen LogP contribution in [0.5, 0.6) is 0 Å². The lowest BCUT2D eigenvalue weighted by Gasteiger charge is -2.50. The Balaban J connectivity index is 1.79. The van der Waals surface area contributed by atoms with Gasteiger partial charge in [-0.2, -0.15) is 0 Å². The molecule has 202 valence electrons. The summed E-state index contributed by atoms with van der Waals surface area (Å²) in [6.07, 6.45) is 21.3. The molecule has 3 heteroatoms. The van der Waals surface area contributed by atoms with E-state index in [2.05, 4.69) is 26.0 Å². The number of aliphatic hydroxyl groups is 3. The third-order valence-corrected chi connectivity index (χ3v) is 9.94. The molecule has 0 saturated heterocycles. The van der Waals surface area contributed by atoms with Gasteiger partial charge < -0.3 is 15.3 Å². The van der Waals surface area contributed by atoms with Crippen molar-refractivity contribution >= 4 is 0 Å². The summed E-state index contributed by atoms with van der Waals surface area (Å²) in [6.45, 7) is 12.9. The summed E-state index contributed by atoms with van der Waals surface area (Å²) in [5, 5.41) is 30.8. The molecule has 3 fully saturated rings. The predicted molar refractivity (Wildman–Crippen MR) is 147 cm³/mol. The first-order valence-corrected chi connectivity index (χ1v) is 14.7. The second-order valence-electron chi connectivity index (χ2n) is 14.3. The zero-order chi connectivity index (χ0) is 25.9. The molecule has 0 aromatic carbocycles. The lowest BCUT2D eigenvalue weighted by molar-refractivity contribution is 0.00529. The second kappa shape index (κ2) is 11.4. The largest absolute Gasteiger partial charge is 0.393 e. The van der Waals surface area contributed by atoms with E-state index in [1.54, 1.807) is 5.57 Å². The van der Waals surface area contributed by atoms with E-state index in [0.29, 0.717) is 17.3 Å². The van der Waals surface area contributed by atoms with Crippen LogP contribution in [-0.2, 0) is 0 Å². The van der Waals surface area contributed by atoms with Gasteiger partial charge in [0, 0.05) is 0 Å². The number of hydrogen-bond acceptors (Lipinski definition) is 3. The molecule has 0 heterocycles. The van der Waals surface area contributed by atoms with Crippen LogP contribution in [0.1, 0.15) is 138 Å². The highest BCUT2D eigenvalue weighted by molar-refractivity contribution is 5.26. The summed E-state index contributed by atoms with van der Waals surface area (Å²) in [6, 6.07) is 0. The molecule has 3 rings (SSSR count). The van der Waals surface area contributed by atoms with E-state index in [1.807, 2.05) is 27.7 Å². The van der Waals surface area contributed by atoms with Crippen molar-refractivity contribution in [2.75, 3.05) is 0 Å². The van der Waals surface area contributed by atoms with Crippen molar-refractivity contribution in [1.29, 1.82) is 0 Å². The maximum Gasteiger partial charge on any atom is 0.0591 e. The lowest BCUT2D eigenvalue weighted by Crippen LogP contribution is -2.41. The van der Waals surface area contributed by atoms with E-state index < -0.39 is 11.2 Å². The standard InChI is InChI=1S/C32H56O3/c1-29(2,34)18-9-20-31(5,21-10-19-30(3,4)35)28-17-16-27-25(12-8-22-32(27,28)6)15-14-24-11-7-13-26(33)23-24/h14-15,26-28,33-35H,7-13,16-23H2,1-6H3/b24-14-,25-15+. The third kappa shape index (κ3) is 7.92. The van der Waals surface area contributed by atoms with Crippen molar-refractivity contribution in [3.05, 3.63) is 23.3 Å². The molecule has 0 spiro atoms. The van der Waals surface area contributed by atoms with Crippen LogP contribution in [-0.4, -0.2) is 32.6 Å². The molecule has 3 N–H and O–H groups in total. The fourth-order valence-electron chi connectivity index (χ4n) is 8.16. The normalized spacial score (nSPS) is 32.9. The zero-order valence-electron chi connectivity index (χ0n) is 23.8. The van der Waals surface area contributed by atoms with Gasteiger partial charge in [0.1, 0.15) is 0 Å². The Labute approximate surface area is 216 Å². The first-order valence-electron chi connectivity index (χ1n) is 14.7. The van der Waals surface area contributed by atoms with Crippen LogP contribution in [0.2, 0.25) is 0 Å². The van der Waals surface area contributed by atoms with Crippen LogP contribution in [0.25, 0.3) is 0 Å². The number of allylic oxidation sites excluding steroid dienone is 3. The highest BCUT2D eigenvalue weighted by Gasteiger charge is 2.54. The third-order valence-electron chi connectivity index (χ3n) is 9.94. The number of rotatable bonds is 10. The van der Waals surface area contributed by atoms with Gasteiger partial charge in [-0.1, -0.05) is 50.0 Å². The highest BCUT2D eigenvalue weighted by atomic mass is 16.3. The Hall–Kier alpha value is -0.640.